The molecule has 0 saturated carbocycles. The van der Waals surface area contributed by atoms with E-state index in [1.165, 1.54) is 49.6 Å². The number of nitrogens with zero attached hydrogens (tertiary/aromatic N) is 1. The first-order valence-corrected chi connectivity index (χ1v) is 13.0. The molecule has 1 unspecified atom stereocenters. The molecule has 7 rings (SSSR count). The highest BCUT2D eigenvalue weighted by Gasteiger charge is 2.31. The minimum Gasteiger partial charge on any atom is -0.359 e. The number of halogens is 1. The molecule has 1 aliphatic rings. The van der Waals surface area contributed by atoms with E-state index in [9.17, 15) is 0 Å². The quantitative estimate of drug-likeness (QED) is 0.231. The Kier molecular flexibility index (Phi) is 5.04. The fourth-order valence-corrected chi connectivity index (χ4v) is 6.21. The van der Waals surface area contributed by atoms with E-state index in [4.69, 9.17) is 0 Å². The Morgan fingerprint density at radius 3 is 1.92 bits per heavy atom. The summed E-state index contributed by atoms with van der Waals surface area (Å²) in [6, 6.07) is 45.5. The molecule has 0 radical (unpaired) electrons. The van der Waals surface area contributed by atoms with Crippen LogP contribution in [-0.2, 0) is 0 Å². The lowest BCUT2D eigenvalue weighted by Crippen LogP contribution is -2.23. The Labute approximate surface area is 219 Å². The van der Waals surface area contributed by atoms with Crippen molar-refractivity contribution >= 4 is 54.5 Å². The first-order valence-electron chi connectivity index (χ1n) is 12.2. The maximum absolute atomic E-state index is 3.89. The monoisotopic (exact) mass is 526 g/mol. The van der Waals surface area contributed by atoms with Crippen LogP contribution in [0.15, 0.2) is 132 Å². The summed E-state index contributed by atoms with van der Waals surface area (Å²) in [4.78, 5) is 2.40. The van der Waals surface area contributed by atoms with Crippen molar-refractivity contribution in [1.29, 1.82) is 0 Å². The second-order valence-corrected chi connectivity index (χ2v) is 9.97. The van der Waals surface area contributed by atoms with E-state index < -0.39 is 0 Å². The Hall–Kier alpha value is -4.08. The molecule has 1 N–H and O–H groups in total. The van der Waals surface area contributed by atoms with Gasteiger partial charge in [0.2, 0.25) is 0 Å². The van der Waals surface area contributed by atoms with Gasteiger partial charge in [0.25, 0.3) is 0 Å². The first kappa shape index (κ1) is 21.2. The summed E-state index contributed by atoms with van der Waals surface area (Å²) in [6.07, 6.45) is -0.00210. The molecule has 172 valence electrons. The lowest BCUT2D eigenvalue weighted by Gasteiger charge is -2.28. The molecular formula is C33H23BrN2. The standard InChI is InChI=1S/C33H23BrN2/c34-32-27-17-6-4-15-25(27)31(26-16-5-7-18-28(26)32)22-11-10-12-23(21-22)33-35-29-19-8-9-20-30(29)36(33)24-13-2-1-3-14-24/h1-21,33,35H. The van der Waals surface area contributed by atoms with Crippen molar-refractivity contribution in [2.75, 3.05) is 10.2 Å². The van der Waals surface area contributed by atoms with Crippen molar-refractivity contribution in [1.82, 2.24) is 0 Å². The second-order valence-electron chi connectivity index (χ2n) is 9.18. The van der Waals surface area contributed by atoms with Crippen molar-refractivity contribution in [3.8, 4) is 11.1 Å². The smallest absolute Gasteiger partial charge is 0.130 e. The predicted octanol–water partition coefficient (Wildman–Crippen LogP) is 9.68. The average molecular weight is 527 g/mol. The Morgan fingerprint density at radius 1 is 0.583 bits per heavy atom. The molecule has 0 saturated heterocycles. The molecule has 36 heavy (non-hydrogen) atoms. The molecule has 2 nitrogen and oxygen atoms in total. The Morgan fingerprint density at radius 2 is 1.19 bits per heavy atom. The molecule has 3 heteroatoms. The zero-order valence-electron chi connectivity index (χ0n) is 19.5. The summed E-state index contributed by atoms with van der Waals surface area (Å²) in [5, 5.41) is 8.75. The molecular weight excluding hydrogens is 504 g/mol. The summed E-state index contributed by atoms with van der Waals surface area (Å²) in [7, 11) is 0. The van der Waals surface area contributed by atoms with E-state index in [1.54, 1.807) is 0 Å². The van der Waals surface area contributed by atoms with Crippen LogP contribution in [-0.4, -0.2) is 0 Å². The van der Waals surface area contributed by atoms with Crippen LogP contribution in [0.4, 0.5) is 17.1 Å². The third-order valence-electron chi connectivity index (χ3n) is 7.11. The van der Waals surface area contributed by atoms with Crippen LogP contribution in [0.5, 0.6) is 0 Å². The van der Waals surface area contributed by atoms with E-state index in [1.807, 2.05) is 0 Å². The number of benzene rings is 6. The van der Waals surface area contributed by atoms with E-state index >= 15 is 0 Å². The largest absolute Gasteiger partial charge is 0.359 e. The number of nitrogens with one attached hydrogen (secondary N) is 1. The summed E-state index contributed by atoms with van der Waals surface area (Å²) >= 11 is 3.89. The number of rotatable bonds is 3. The van der Waals surface area contributed by atoms with Gasteiger partial charge < -0.3 is 10.2 Å². The second kappa shape index (κ2) is 8.54. The molecule has 0 aliphatic carbocycles. The Bertz CT molecular complexity index is 1690. The van der Waals surface area contributed by atoms with Crippen LogP contribution in [0.2, 0.25) is 0 Å². The van der Waals surface area contributed by atoms with Crippen molar-refractivity contribution in [2.45, 2.75) is 6.17 Å². The third kappa shape index (κ3) is 3.31. The van der Waals surface area contributed by atoms with Gasteiger partial charge >= 0.3 is 0 Å². The summed E-state index contributed by atoms with van der Waals surface area (Å²) < 4.78 is 1.15. The van der Waals surface area contributed by atoms with Gasteiger partial charge in [-0.3, -0.25) is 0 Å². The van der Waals surface area contributed by atoms with Gasteiger partial charge in [-0.2, -0.15) is 0 Å². The summed E-state index contributed by atoms with van der Waals surface area (Å²) in [5.74, 6) is 0. The number of fused-ring (bicyclic) bond motifs is 3. The topological polar surface area (TPSA) is 15.3 Å². The van der Waals surface area contributed by atoms with Gasteiger partial charge in [-0.25, -0.2) is 0 Å². The maximum Gasteiger partial charge on any atom is 0.130 e. The van der Waals surface area contributed by atoms with Crippen LogP contribution >= 0.6 is 15.9 Å². The molecule has 0 spiro atoms. The molecule has 1 atom stereocenters. The maximum atomic E-state index is 3.89. The number of hydrogen-bond donors (Lipinski definition) is 1. The molecule has 6 aromatic carbocycles. The van der Waals surface area contributed by atoms with Crippen LogP contribution < -0.4 is 10.2 Å². The van der Waals surface area contributed by atoms with Gasteiger partial charge in [-0.05, 0) is 84.5 Å². The van der Waals surface area contributed by atoms with Gasteiger partial charge in [0.15, 0.2) is 0 Å². The van der Waals surface area contributed by atoms with Crippen molar-refractivity contribution < 1.29 is 0 Å². The van der Waals surface area contributed by atoms with Gasteiger partial charge in [-0.15, -0.1) is 0 Å². The van der Waals surface area contributed by atoms with Crippen molar-refractivity contribution in [3.05, 3.63) is 137 Å². The van der Waals surface area contributed by atoms with E-state index in [2.05, 4.69) is 154 Å². The lowest BCUT2D eigenvalue weighted by atomic mass is 9.91. The van der Waals surface area contributed by atoms with Crippen LogP contribution in [0, 0.1) is 0 Å². The third-order valence-corrected chi connectivity index (χ3v) is 7.96. The highest BCUT2D eigenvalue weighted by atomic mass is 79.9. The highest BCUT2D eigenvalue weighted by molar-refractivity contribution is 9.10. The van der Waals surface area contributed by atoms with Crippen LogP contribution in [0.3, 0.4) is 0 Å². The molecule has 0 amide bonds. The molecule has 6 aromatic rings. The molecule has 0 fully saturated rings. The minimum atomic E-state index is -0.00210. The van der Waals surface area contributed by atoms with E-state index in [0.717, 1.165) is 10.2 Å². The van der Waals surface area contributed by atoms with Crippen molar-refractivity contribution in [2.24, 2.45) is 0 Å². The molecule has 0 aromatic heterocycles. The first-order chi connectivity index (χ1) is 17.8. The van der Waals surface area contributed by atoms with Gasteiger partial charge in [0.05, 0.1) is 11.4 Å². The molecule has 1 aliphatic heterocycles. The molecule has 1 heterocycles. The van der Waals surface area contributed by atoms with Crippen LogP contribution in [0.1, 0.15) is 11.7 Å². The van der Waals surface area contributed by atoms with Gasteiger partial charge in [-0.1, -0.05) is 97.1 Å². The van der Waals surface area contributed by atoms with Gasteiger partial charge in [0, 0.05) is 10.2 Å². The summed E-state index contributed by atoms with van der Waals surface area (Å²) in [6.45, 7) is 0. The normalized spacial score (nSPS) is 14.7. The fraction of sp³-hybridized carbons (Fsp3) is 0.0303. The van der Waals surface area contributed by atoms with E-state index in [-0.39, 0.29) is 6.17 Å². The van der Waals surface area contributed by atoms with Gasteiger partial charge in [0.1, 0.15) is 6.17 Å². The number of para-hydroxylation sites is 3. The average Bonchev–Trinajstić information content (AvgIpc) is 3.34. The number of hydrogen-bond acceptors (Lipinski definition) is 2. The fourth-order valence-electron chi connectivity index (χ4n) is 5.52. The molecule has 0 bridgehead atoms. The highest BCUT2D eigenvalue weighted by Crippen LogP contribution is 2.47. The Balaban J connectivity index is 1.44. The minimum absolute atomic E-state index is 0.00210. The zero-order valence-corrected chi connectivity index (χ0v) is 21.1. The summed E-state index contributed by atoms with van der Waals surface area (Å²) in [5.41, 5.74) is 7.23. The predicted molar refractivity (Wildman–Crippen MR) is 156 cm³/mol. The van der Waals surface area contributed by atoms with E-state index in [0.29, 0.717) is 0 Å². The lowest BCUT2D eigenvalue weighted by molar-refractivity contribution is 0.829. The zero-order chi connectivity index (χ0) is 24.1. The number of anilines is 3. The SMILES string of the molecule is Brc1c2ccccc2c(-c2cccc(C3Nc4ccccc4N3c3ccccc3)c2)c2ccccc12. The van der Waals surface area contributed by atoms with Crippen molar-refractivity contribution in [3.63, 3.8) is 0 Å². The van der Waals surface area contributed by atoms with Crippen LogP contribution in [0.25, 0.3) is 32.7 Å².